The van der Waals surface area contributed by atoms with E-state index in [-0.39, 0.29) is 23.6 Å². The van der Waals surface area contributed by atoms with Gasteiger partial charge in [-0.1, -0.05) is 104 Å². The van der Waals surface area contributed by atoms with E-state index in [1.54, 1.807) is 0 Å². The number of rotatable bonds is 27. The Morgan fingerprint density at radius 1 is 0.667 bits per heavy atom. The maximum atomic E-state index is 12.4. The molecule has 0 aromatic rings. The van der Waals surface area contributed by atoms with E-state index in [2.05, 4.69) is 13.8 Å². The third-order valence-electron chi connectivity index (χ3n) is 7.50. The molecule has 0 saturated carbocycles. The molecular weight excluding hydrogens is 456 g/mol. The second kappa shape index (κ2) is 20.3. The lowest BCUT2D eigenvalue weighted by atomic mass is 9.88. The van der Waals surface area contributed by atoms with Crippen LogP contribution in [0, 0.1) is 5.41 Å². The van der Waals surface area contributed by atoms with Crippen molar-refractivity contribution in [3.8, 4) is 0 Å². The summed E-state index contributed by atoms with van der Waals surface area (Å²) in [5.74, 6) is -0.0985. The summed E-state index contributed by atoms with van der Waals surface area (Å²) in [6.45, 7) is 8.52. The number of carbonyl (C=O) groups is 1. The Morgan fingerprint density at radius 3 is 1.47 bits per heavy atom. The van der Waals surface area contributed by atoms with Crippen molar-refractivity contribution >= 4 is 5.97 Å². The molecule has 2 aliphatic heterocycles. The molecule has 2 heterocycles. The molecule has 2 fully saturated rings. The zero-order valence-corrected chi connectivity index (χ0v) is 23.6. The van der Waals surface area contributed by atoms with Crippen LogP contribution in [0.15, 0.2) is 0 Å². The van der Waals surface area contributed by atoms with Gasteiger partial charge in [0.1, 0.15) is 18.8 Å². The quantitative estimate of drug-likeness (QED) is 0.0669. The van der Waals surface area contributed by atoms with Crippen molar-refractivity contribution in [2.24, 2.45) is 5.41 Å². The molecule has 0 amide bonds. The van der Waals surface area contributed by atoms with Gasteiger partial charge >= 0.3 is 5.97 Å². The fourth-order valence-electron chi connectivity index (χ4n) is 4.52. The van der Waals surface area contributed by atoms with Crippen LogP contribution in [-0.4, -0.2) is 64.4 Å². The molecule has 0 aromatic heterocycles. The topological polar surface area (TPSA) is 69.8 Å². The third-order valence-corrected chi connectivity index (χ3v) is 7.50. The number of ether oxygens (including phenoxy) is 5. The minimum Gasteiger partial charge on any atom is -0.465 e. The van der Waals surface area contributed by atoms with Crippen molar-refractivity contribution in [3.63, 3.8) is 0 Å². The molecule has 36 heavy (non-hydrogen) atoms. The maximum absolute atomic E-state index is 12.4. The minimum absolute atomic E-state index is 0.0985. The van der Waals surface area contributed by atoms with E-state index in [4.69, 9.17) is 23.7 Å². The number of hydrogen-bond acceptors (Lipinski definition) is 6. The van der Waals surface area contributed by atoms with Gasteiger partial charge in [0, 0.05) is 6.42 Å². The lowest BCUT2D eigenvalue weighted by Gasteiger charge is -2.31. The summed E-state index contributed by atoms with van der Waals surface area (Å²) in [6.07, 6.45) is 21.7. The van der Waals surface area contributed by atoms with E-state index in [1.165, 1.54) is 83.5 Å². The molecule has 2 rings (SSSR count). The number of epoxide rings is 2. The second-order valence-corrected chi connectivity index (χ2v) is 11.2. The van der Waals surface area contributed by atoms with E-state index in [9.17, 15) is 4.79 Å². The number of unbranched alkanes of at least 4 members (excludes halogenated alkanes) is 14. The summed E-state index contributed by atoms with van der Waals surface area (Å²) < 4.78 is 27.9. The zero-order chi connectivity index (χ0) is 25.7. The van der Waals surface area contributed by atoms with E-state index in [1.807, 2.05) is 0 Å². The van der Waals surface area contributed by atoms with Gasteiger partial charge in [-0.2, -0.15) is 0 Å². The van der Waals surface area contributed by atoms with Gasteiger partial charge in [0.15, 0.2) is 0 Å². The Bertz CT molecular complexity index is 514. The monoisotopic (exact) mass is 512 g/mol. The lowest BCUT2D eigenvalue weighted by molar-refractivity contribution is -0.152. The van der Waals surface area contributed by atoms with Gasteiger partial charge in [0.2, 0.25) is 0 Å². The van der Waals surface area contributed by atoms with Gasteiger partial charge in [-0.25, -0.2) is 0 Å². The Hall–Kier alpha value is -0.690. The lowest BCUT2D eigenvalue weighted by Crippen LogP contribution is -2.38. The summed E-state index contributed by atoms with van der Waals surface area (Å²) in [7, 11) is 0. The predicted octanol–water partition coefficient (Wildman–Crippen LogP) is 7.02. The van der Waals surface area contributed by atoms with Crippen molar-refractivity contribution in [3.05, 3.63) is 0 Å². The highest BCUT2D eigenvalue weighted by Gasteiger charge is 2.34. The van der Waals surface area contributed by atoms with Crippen LogP contribution >= 0.6 is 0 Å². The fourth-order valence-corrected chi connectivity index (χ4v) is 4.52. The van der Waals surface area contributed by atoms with Crippen LogP contribution in [0.25, 0.3) is 0 Å². The number of carbonyl (C=O) groups excluding carboxylic acids is 1. The van der Waals surface area contributed by atoms with Crippen LogP contribution in [0.4, 0.5) is 0 Å². The first-order valence-electron chi connectivity index (χ1n) is 15.2. The molecule has 0 aliphatic carbocycles. The summed E-state index contributed by atoms with van der Waals surface area (Å²) in [6, 6.07) is 0. The van der Waals surface area contributed by atoms with Crippen molar-refractivity contribution in [2.45, 2.75) is 135 Å². The van der Waals surface area contributed by atoms with Crippen molar-refractivity contribution in [1.82, 2.24) is 0 Å². The average Bonchev–Trinajstić information content (AvgIpc) is 3.81. The largest absolute Gasteiger partial charge is 0.465 e. The van der Waals surface area contributed by atoms with E-state index in [0.717, 1.165) is 32.5 Å². The maximum Gasteiger partial charge on any atom is 0.305 e. The molecule has 6 heteroatoms. The van der Waals surface area contributed by atoms with Gasteiger partial charge in [0.05, 0.1) is 45.1 Å². The van der Waals surface area contributed by atoms with Gasteiger partial charge in [-0.3, -0.25) is 4.79 Å². The molecule has 0 N–H and O–H groups in total. The molecular formula is C30H56O6. The highest BCUT2D eigenvalue weighted by Crippen LogP contribution is 2.26. The van der Waals surface area contributed by atoms with Crippen molar-refractivity contribution < 1.29 is 28.5 Å². The van der Waals surface area contributed by atoms with Crippen LogP contribution in [0.1, 0.15) is 123 Å². The summed E-state index contributed by atoms with van der Waals surface area (Å²) in [5.41, 5.74) is -0.311. The van der Waals surface area contributed by atoms with Crippen LogP contribution in [0.5, 0.6) is 0 Å². The first-order valence-corrected chi connectivity index (χ1v) is 15.2. The van der Waals surface area contributed by atoms with E-state index in [0.29, 0.717) is 39.5 Å². The Morgan fingerprint density at radius 2 is 1.08 bits per heavy atom. The molecule has 0 spiro atoms. The van der Waals surface area contributed by atoms with Gasteiger partial charge in [-0.15, -0.1) is 0 Å². The molecule has 0 aromatic carbocycles. The molecule has 2 saturated heterocycles. The normalized spacial score (nSPS) is 20.3. The Labute approximate surface area is 221 Å². The van der Waals surface area contributed by atoms with Crippen LogP contribution in [0.3, 0.4) is 0 Å². The number of esters is 1. The van der Waals surface area contributed by atoms with Gasteiger partial charge < -0.3 is 23.7 Å². The molecule has 2 atom stereocenters. The highest BCUT2D eigenvalue weighted by molar-refractivity contribution is 5.69. The first kappa shape index (κ1) is 31.5. The van der Waals surface area contributed by atoms with Gasteiger partial charge in [-0.05, 0) is 12.8 Å². The molecule has 2 unspecified atom stereocenters. The standard InChI is InChI=1S/C30H56O6/c1-3-5-6-7-8-9-10-11-12-13-14-15-16-17-18-19-29(31)36-26-30(4-2,24-32-20-27-22-34-27)25-33-21-28-23-35-28/h27-28H,3-26H2,1-2H3. The third kappa shape index (κ3) is 16.9. The van der Waals surface area contributed by atoms with Crippen molar-refractivity contribution in [2.75, 3.05) is 46.2 Å². The smallest absolute Gasteiger partial charge is 0.305 e. The molecule has 0 bridgehead atoms. The summed E-state index contributed by atoms with van der Waals surface area (Å²) in [5, 5.41) is 0. The predicted molar refractivity (Wildman–Crippen MR) is 144 cm³/mol. The molecule has 2 aliphatic rings. The van der Waals surface area contributed by atoms with Crippen LogP contribution < -0.4 is 0 Å². The minimum atomic E-state index is -0.311. The Balaban J connectivity index is 1.44. The highest BCUT2D eigenvalue weighted by atomic mass is 16.6. The van der Waals surface area contributed by atoms with Crippen LogP contribution in [0.2, 0.25) is 0 Å². The first-order chi connectivity index (χ1) is 17.7. The van der Waals surface area contributed by atoms with Crippen molar-refractivity contribution in [1.29, 1.82) is 0 Å². The average molecular weight is 513 g/mol. The van der Waals surface area contributed by atoms with E-state index < -0.39 is 0 Å². The zero-order valence-electron chi connectivity index (χ0n) is 23.6. The summed E-state index contributed by atoms with van der Waals surface area (Å²) >= 11 is 0. The second-order valence-electron chi connectivity index (χ2n) is 11.2. The van der Waals surface area contributed by atoms with E-state index >= 15 is 0 Å². The fraction of sp³-hybridized carbons (Fsp3) is 0.967. The molecule has 0 radical (unpaired) electrons. The SMILES string of the molecule is CCCCCCCCCCCCCCCCCC(=O)OCC(CC)(COCC1CO1)COCC1CO1. The molecule has 212 valence electrons. The van der Waals surface area contributed by atoms with Crippen LogP contribution in [-0.2, 0) is 28.5 Å². The van der Waals surface area contributed by atoms with Gasteiger partial charge in [0.25, 0.3) is 0 Å². The molecule has 6 nitrogen and oxygen atoms in total. The Kier molecular flexibility index (Phi) is 17.8. The number of hydrogen-bond donors (Lipinski definition) is 0. The summed E-state index contributed by atoms with van der Waals surface area (Å²) in [4.78, 5) is 12.4.